The van der Waals surface area contributed by atoms with Crippen molar-refractivity contribution in [2.24, 2.45) is 0 Å². The van der Waals surface area contributed by atoms with Crippen LogP contribution in [0.25, 0.3) is 0 Å². The first-order chi connectivity index (χ1) is 16.6. The third-order valence-corrected chi connectivity index (χ3v) is 5.44. The number of aryl methyl sites for hydroxylation is 2. The van der Waals surface area contributed by atoms with Crippen molar-refractivity contribution in [3.05, 3.63) is 47.8 Å². The van der Waals surface area contributed by atoms with E-state index in [1.54, 1.807) is 29.2 Å². The number of methoxy groups -OCH3 is 1. The summed E-state index contributed by atoms with van der Waals surface area (Å²) in [6, 6.07) is 9.72. The zero-order valence-electron chi connectivity index (χ0n) is 20.5. The molecule has 0 aliphatic carbocycles. The van der Waals surface area contributed by atoms with Crippen LogP contribution < -0.4 is 10.1 Å². The lowest BCUT2D eigenvalue weighted by Gasteiger charge is -2.19. The van der Waals surface area contributed by atoms with Gasteiger partial charge in [0.15, 0.2) is 0 Å². The second kappa shape index (κ2) is 14.7. The molecule has 1 fully saturated rings. The van der Waals surface area contributed by atoms with Crippen LogP contribution in [0, 0.1) is 0 Å². The maximum Gasteiger partial charge on any atom is 0.320 e. The summed E-state index contributed by atoms with van der Waals surface area (Å²) in [5.41, 5.74) is 2.34. The number of nitrogens with zero attached hydrogens (tertiary/aromatic N) is 4. The predicted molar refractivity (Wildman–Crippen MR) is 132 cm³/mol. The monoisotopic (exact) mass is 471 g/mol. The molecule has 4 heterocycles. The Morgan fingerprint density at radius 1 is 1.15 bits per heavy atom. The minimum atomic E-state index is -0.867. The highest BCUT2D eigenvalue weighted by Crippen LogP contribution is 2.20. The Morgan fingerprint density at radius 2 is 1.91 bits per heavy atom. The highest BCUT2D eigenvalue weighted by atomic mass is 16.5. The van der Waals surface area contributed by atoms with Crippen LogP contribution >= 0.6 is 0 Å². The van der Waals surface area contributed by atoms with E-state index in [2.05, 4.69) is 27.4 Å². The number of carboxylic acid groups (broad SMARTS) is 1. The van der Waals surface area contributed by atoms with Gasteiger partial charge in [0, 0.05) is 50.7 Å². The van der Waals surface area contributed by atoms with E-state index in [1.165, 1.54) is 5.56 Å². The number of carbonyl (C=O) groups is 2. The van der Waals surface area contributed by atoms with Crippen molar-refractivity contribution in [1.82, 2.24) is 19.8 Å². The van der Waals surface area contributed by atoms with E-state index < -0.39 is 5.97 Å². The van der Waals surface area contributed by atoms with Gasteiger partial charge in [-0.1, -0.05) is 26.0 Å². The Labute approximate surface area is 202 Å². The van der Waals surface area contributed by atoms with Gasteiger partial charge >= 0.3 is 12.0 Å². The van der Waals surface area contributed by atoms with Crippen molar-refractivity contribution in [1.29, 1.82) is 0 Å². The molecular weight excluding hydrogens is 434 g/mol. The van der Waals surface area contributed by atoms with E-state index >= 15 is 0 Å². The molecule has 9 heteroatoms. The van der Waals surface area contributed by atoms with Gasteiger partial charge in [0.25, 0.3) is 0 Å². The number of hydrogen-bond acceptors (Lipinski definition) is 6. The molecule has 0 atom stereocenters. The minimum Gasteiger partial charge on any atom is -0.481 e. The van der Waals surface area contributed by atoms with Gasteiger partial charge in [-0.15, -0.1) is 0 Å². The van der Waals surface area contributed by atoms with Gasteiger partial charge in [-0.05, 0) is 43.4 Å². The fourth-order valence-electron chi connectivity index (χ4n) is 3.71. The molecule has 2 N–H and O–H groups in total. The van der Waals surface area contributed by atoms with Crippen molar-refractivity contribution < 1.29 is 19.4 Å². The predicted octanol–water partition coefficient (Wildman–Crippen LogP) is 3.70. The van der Waals surface area contributed by atoms with E-state index in [9.17, 15) is 9.59 Å². The molecule has 2 aromatic rings. The molecule has 0 unspecified atom stereocenters. The maximum absolute atomic E-state index is 12.2. The molecule has 186 valence electrons. The maximum atomic E-state index is 12.2. The highest BCUT2D eigenvalue weighted by molar-refractivity contribution is 5.77. The van der Waals surface area contributed by atoms with Crippen LogP contribution in [-0.2, 0) is 17.6 Å². The average Bonchev–Trinajstić information content (AvgIpc) is 3.24. The van der Waals surface area contributed by atoms with E-state index in [0.29, 0.717) is 32.1 Å². The first-order valence-electron chi connectivity index (χ1n) is 12.0. The van der Waals surface area contributed by atoms with Gasteiger partial charge in [0.1, 0.15) is 5.82 Å². The molecule has 9 nitrogen and oxygen atoms in total. The summed E-state index contributed by atoms with van der Waals surface area (Å²) in [6.45, 7) is 7.26. The number of aromatic nitrogens is 2. The summed E-state index contributed by atoms with van der Waals surface area (Å²) < 4.78 is 4.80. The molecular formula is C25H37N5O4. The molecule has 4 rings (SSSR count). The SMILES string of the molecule is CC.COc1ccccn1.O=C(O)CCN1CCN(CCCc2ccc3c(n2)NCCC3)C1=O. The number of nitrogens with one attached hydrogen (secondary N) is 1. The van der Waals surface area contributed by atoms with Crippen molar-refractivity contribution in [2.45, 2.75) is 46.0 Å². The number of fused-ring (bicyclic) bond motifs is 1. The summed E-state index contributed by atoms with van der Waals surface area (Å²) in [7, 11) is 1.60. The van der Waals surface area contributed by atoms with Gasteiger partial charge in [0.2, 0.25) is 5.88 Å². The van der Waals surface area contributed by atoms with Crippen LogP contribution in [0.3, 0.4) is 0 Å². The van der Waals surface area contributed by atoms with E-state index in [1.807, 2.05) is 26.0 Å². The first-order valence-corrected chi connectivity index (χ1v) is 12.0. The quantitative estimate of drug-likeness (QED) is 0.604. The molecule has 0 saturated carbocycles. The number of aliphatic carboxylic acids is 1. The van der Waals surface area contributed by atoms with Crippen LogP contribution in [0.5, 0.6) is 5.88 Å². The lowest BCUT2D eigenvalue weighted by atomic mass is 10.1. The standard InChI is InChI=1S/C17H24N4O3.C6H7NO.C2H6/c22-15(23)7-10-21-12-11-20(17(21)24)9-2-4-14-6-5-13-3-1-8-18-16(13)19-14;1-8-6-4-2-3-5-7-6;1-2/h5-6H,1-4,7-12H2,(H,18,19)(H,22,23);2-5H,1H3;1-2H3. The molecule has 0 radical (unpaired) electrons. The summed E-state index contributed by atoms with van der Waals surface area (Å²) >= 11 is 0. The largest absolute Gasteiger partial charge is 0.481 e. The third-order valence-electron chi connectivity index (χ3n) is 5.44. The highest BCUT2D eigenvalue weighted by Gasteiger charge is 2.27. The number of pyridine rings is 2. The molecule has 34 heavy (non-hydrogen) atoms. The number of rotatable bonds is 8. The fourth-order valence-corrected chi connectivity index (χ4v) is 3.71. The van der Waals surface area contributed by atoms with Crippen molar-refractivity contribution >= 4 is 17.8 Å². The van der Waals surface area contributed by atoms with Crippen molar-refractivity contribution in [2.75, 3.05) is 45.2 Å². The molecule has 2 aromatic heterocycles. The Kier molecular flexibility index (Phi) is 11.6. The number of urea groups is 1. The number of anilines is 1. The molecule has 0 aromatic carbocycles. The lowest BCUT2D eigenvalue weighted by Crippen LogP contribution is -2.33. The third kappa shape index (κ3) is 8.53. The average molecular weight is 472 g/mol. The summed E-state index contributed by atoms with van der Waals surface area (Å²) in [5.74, 6) is 0.802. The Balaban J connectivity index is 0.000000343. The van der Waals surface area contributed by atoms with Crippen LogP contribution in [0.15, 0.2) is 36.5 Å². The Morgan fingerprint density at radius 3 is 2.56 bits per heavy atom. The number of carbonyl (C=O) groups excluding carboxylic acids is 1. The summed E-state index contributed by atoms with van der Waals surface area (Å²) in [6.07, 6.45) is 5.65. The van der Waals surface area contributed by atoms with Gasteiger partial charge in [0.05, 0.1) is 13.5 Å². The minimum absolute atomic E-state index is 0.00558. The number of carboxylic acids is 1. The van der Waals surface area contributed by atoms with Gasteiger partial charge in [-0.3, -0.25) is 4.79 Å². The number of hydrogen-bond donors (Lipinski definition) is 2. The Hall–Kier alpha value is -3.36. The fraction of sp³-hybridized carbons (Fsp3) is 0.520. The second-order valence-corrected chi connectivity index (χ2v) is 7.72. The summed E-state index contributed by atoms with van der Waals surface area (Å²) in [4.78, 5) is 34.8. The first kappa shape index (κ1) is 26.9. The van der Waals surface area contributed by atoms with Gasteiger partial charge in [-0.2, -0.15) is 0 Å². The molecule has 2 aliphatic rings. The van der Waals surface area contributed by atoms with E-state index in [4.69, 9.17) is 9.84 Å². The Bertz CT molecular complexity index is 894. The molecule has 1 saturated heterocycles. The molecule has 0 bridgehead atoms. The van der Waals surface area contributed by atoms with Crippen molar-refractivity contribution in [3.8, 4) is 5.88 Å². The normalized spacial score (nSPS) is 14.1. The number of amides is 2. The van der Waals surface area contributed by atoms with Crippen LogP contribution in [0.1, 0.15) is 44.4 Å². The topological polar surface area (TPSA) is 108 Å². The van der Waals surface area contributed by atoms with Crippen molar-refractivity contribution in [3.63, 3.8) is 0 Å². The summed E-state index contributed by atoms with van der Waals surface area (Å²) in [5, 5.41) is 12.1. The number of ether oxygens (including phenoxy) is 1. The van der Waals surface area contributed by atoms with E-state index in [-0.39, 0.29) is 12.5 Å². The van der Waals surface area contributed by atoms with E-state index in [0.717, 1.165) is 43.7 Å². The zero-order chi connectivity index (χ0) is 24.8. The van der Waals surface area contributed by atoms with Crippen LogP contribution in [-0.4, -0.2) is 76.7 Å². The molecule has 2 aliphatic heterocycles. The molecule has 2 amide bonds. The van der Waals surface area contributed by atoms with Gasteiger partial charge in [-0.25, -0.2) is 14.8 Å². The zero-order valence-corrected chi connectivity index (χ0v) is 20.5. The smallest absolute Gasteiger partial charge is 0.320 e. The second-order valence-electron chi connectivity index (χ2n) is 7.72. The van der Waals surface area contributed by atoms with Gasteiger partial charge < -0.3 is 25.0 Å². The van der Waals surface area contributed by atoms with Crippen LogP contribution in [0.4, 0.5) is 10.6 Å². The lowest BCUT2D eigenvalue weighted by molar-refractivity contribution is -0.137. The molecule has 0 spiro atoms. The van der Waals surface area contributed by atoms with Crippen LogP contribution in [0.2, 0.25) is 0 Å².